The molecule has 4 aromatic carbocycles. The summed E-state index contributed by atoms with van der Waals surface area (Å²) in [7, 11) is 8.06. The summed E-state index contributed by atoms with van der Waals surface area (Å²) >= 11 is 0. The van der Waals surface area contributed by atoms with Gasteiger partial charge in [-0.3, -0.25) is 0 Å². The lowest BCUT2D eigenvalue weighted by molar-refractivity contribution is -0.661. The van der Waals surface area contributed by atoms with Gasteiger partial charge in [0, 0.05) is 82.5 Å². The summed E-state index contributed by atoms with van der Waals surface area (Å²) in [5.41, 5.74) is 23.2. The number of aromatic nitrogens is 4. The van der Waals surface area contributed by atoms with Crippen LogP contribution >= 0.6 is 0 Å². The van der Waals surface area contributed by atoms with Crippen LogP contribution in [0.2, 0.25) is 0 Å². The van der Waals surface area contributed by atoms with E-state index in [2.05, 4.69) is 153 Å². The van der Waals surface area contributed by atoms with Gasteiger partial charge in [-0.05, 0) is 188 Å². The Kier molecular flexibility index (Phi) is 17.7. The molecule has 4 heterocycles. The van der Waals surface area contributed by atoms with Gasteiger partial charge in [0.15, 0.2) is 24.8 Å². The monoisotopic (exact) mass is 1050 g/mol. The lowest BCUT2D eigenvalue weighted by Crippen LogP contribution is -2.32. The van der Waals surface area contributed by atoms with Crippen molar-refractivity contribution in [3.05, 3.63) is 212 Å². The van der Waals surface area contributed by atoms with Gasteiger partial charge in [-0.2, -0.15) is 0 Å². The second kappa shape index (κ2) is 28.4. The van der Waals surface area contributed by atoms with Gasteiger partial charge in [0.05, 0.1) is 0 Å². The topological polar surface area (TPSA) is 15.5 Å². The molecule has 0 saturated carbocycles. The number of aryl methyl sites for hydroxylation is 14. The van der Waals surface area contributed by atoms with Crippen LogP contribution in [0.5, 0.6) is 0 Å². The molecular weight excluding hydrogens is 945 g/mol. The Morgan fingerprint density at radius 3 is 1.06 bits per heavy atom. The highest BCUT2D eigenvalue weighted by Gasteiger charge is 2.19. The molecule has 0 fully saturated rings. The van der Waals surface area contributed by atoms with Gasteiger partial charge < -0.3 is 0 Å². The molecule has 8 rings (SSSR count). The highest BCUT2D eigenvalue weighted by Crippen LogP contribution is 2.27. The third kappa shape index (κ3) is 17.8. The second-order valence-corrected chi connectivity index (χ2v) is 23.3. The third-order valence-electron chi connectivity index (χ3n) is 13.9. The lowest BCUT2D eigenvalue weighted by atomic mass is 9.97. The van der Waals surface area contributed by atoms with Crippen molar-refractivity contribution >= 4 is 0 Å². The molecule has 412 valence electrons. The van der Waals surface area contributed by atoms with Crippen LogP contribution in [-0.4, -0.2) is 0 Å². The van der Waals surface area contributed by atoms with E-state index in [9.17, 15) is 0 Å². The highest BCUT2D eigenvalue weighted by molar-refractivity contribution is 5.65. The first-order valence-corrected chi connectivity index (χ1v) is 28.0. The number of benzene rings is 4. The Balaban J connectivity index is 0.000000215. The van der Waals surface area contributed by atoms with E-state index in [4.69, 9.17) is 13.7 Å². The van der Waals surface area contributed by atoms with Crippen LogP contribution in [0.3, 0.4) is 0 Å². The van der Waals surface area contributed by atoms with E-state index < -0.39 is 26.4 Å². The van der Waals surface area contributed by atoms with Crippen molar-refractivity contribution < 1.29 is 32.0 Å². The fraction of sp³-hybridized carbons (Fsp3) is 0.405. The molecule has 0 atom stereocenters. The van der Waals surface area contributed by atoms with E-state index in [-0.39, 0.29) is 11.8 Å². The molecule has 0 aliphatic heterocycles. The molecule has 0 radical (unpaired) electrons. The zero-order valence-corrected chi connectivity index (χ0v) is 51.2. The summed E-state index contributed by atoms with van der Waals surface area (Å²) in [4.78, 5) is 0. The number of pyridine rings is 4. The maximum Gasteiger partial charge on any atom is 0.212 e. The molecule has 0 aliphatic carbocycles. The number of hydrogen-bond acceptors (Lipinski definition) is 0. The van der Waals surface area contributed by atoms with Crippen LogP contribution < -0.4 is 18.3 Å². The minimum atomic E-state index is -2.11. The summed E-state index contributed by atoms with van der Waals surface area (Å²) in [5.74, 6) is 1.15. The van der Waals surface area contributed by atoms with E-state index in [0.717, 1.165) is 52.0 Å². The third-order valence-corrected chi connectivity index (χ3v) is 13.9. The molecule has 0 aliphatic rings. The van der Waals surface area contributed by atoms with E-state index in [0.29, 0.717) is 34.1 Å². The minimum Gasteiger partial charge on any atom is -0.201 e. The SMILES string of the molecule is Cc1ccc(-c2cc(C)c(CC(C)C)c[n+]2C)c(C)c1.Cc1ccc(-c2ccc(CC(C)C)c[n+]2C)c(C)c1.[2H]C([2H])([2H])c1ccc(-c2cc(C)c(C([2H])([2H])C(C)C)c[n+]2C)c(C)c1.[2H]C([2H])([2H])c1ccc(-c2ccc(C([2H])([2H])C(C)C)c[n+]2C)c(C)c1. The van der Waals surface area contributed by atoms with Gasteiger partial charge in [0.25, 0.3) is 0 Å². The Morgan fingerprint density at radius 2 is 0.679 bits per heavy atom. The Bertz CT molecular complexity index is 3720. The van der Waals surface area contributed by atoms with E-state index >= 15 is 0 Å². The van der Waals surface area contributed by atoms with Gasteiger partial charge >= 0.3 is 0 Å². The fourth-order valence-corrected chi connectivity index (χ4v) is 10.2. The normalized spacial score (nSPS) is 13.7. The van der Waals surface area contributed by atoms with Gasteiger partial charge in [-0.15, -0.1) is 0 Å². The van der Waals surface area contributed by atoms with Crippen LogP contribution in [-0.2, 0) is 53.8 Å². The number of nitrogens with zero attached hydrogens (tertiary/aromatic N) is 4. The molecule has 0 amide bonds. The summed E-state index contributed by atoms with van der Waals surface area (Å²) < 4.78 is 86.7. The fourth-order valence-electron chi connectivity index (χ4n) is 10.2. The summed E-state index contributed by atoms with van der Waals surface area (Å²) in [5, 5.41) is 0. The summed E-state index contributed by atoms with van der Waals surface area (Å²) in [6.45, 7) is 29.0. The van der Waals surface area contributed by atoms with Gasteiger partial charge in [0.1, 0.15) is 28.2 Å². The van der Waals surface area contributed by atoms with Crippen molar-refractivity contribution in [3.8, 4) is 45.0 Å². The average Bonchev–Trinajstić information content (AvgIpc) is 2.94. The largest absolute Gasteiger partial charge is 0.212 e. The molecule has 4 aromatic heterocycles. The zero-order chi connectivity index (χ0) is 66.3. The predicted molar refractivity (Wildman–Crippen MR) is 334 cm³/mol. The maximum atomic E-state index is 8.36. The molecule has 0 saturated heterocycles. The Hall–Kier alpha value is -6.52. The van der Waals surface area contributed by atoms with Crippen LogP contribution in [0.4, 0.5) is 0 Å². The van der Waals surface area contributed by atoms with Crippen LogP contribution in [0.25, 0.3) is 45.0 Å². The predicted octanol–water partition coefficient (Wildman–Crippen LogP) is 16.6. The van der Waals surface area contributed by atoms with Gasteiger partial charge in [0.2, 0.25) is 22.8 Å². The highest BCUT2D eigenvalue weighted by atomic mass is 14.9. The zero-order valence-electron chi connectivity index (χ0n) is 61.2. The smallest absolute Gasteiger partial charge is 0.201 e. The quantitative estimate of drug-likeness (QED) is 0.108. The van der Waals surface area contributed by atoms with Crippen molar-refractivity contribution in [2.45, 2.75) is 150 Å². The van der Waals surface area contributed by atoms with Crippen LogP contribution in [0.15, 0.2) is 134 Å². The van der Waals surface area contributed by atoms with Crippen molar-refractivity contribution in [3.63, 3.8) is 0 Å². The standard InChI is InChI=1S/2C19H26N.2C18H24N/c2*1-13(2)9-17-12-20(6)19(11-15(17)4)18-8-7-14(3)10-16(18)5;2*1-13(2)10-16-7-9-18(19(5)12-16)17-8-6-14(3)11-15(17)4/h2*7-8,10-13H,9H2,1-6H3;2*6-9,11-13H,10H2,1-5H3/q4*+1/i3D3,9D2;;3D3,10D2;. The number of hydrogen-bond donors (Lipinski definition) is 0. The van der Waals surface area contributed by atoms with Gasteiger partial charge in [-0.1, -0.05) is 126 Å². The van der Waals surface area contributed by atoms with Crippen LogP contribution in [0, 0.1) is 92.8 Å². The first kappa shape index (κ1) is 48.6. The van der Waals surface area contributed by atoms with Crippen LogP contribution in [0.1, 0.15) is 147 Å². The average molecular weight is 1060 g/mol. The van der Waals surface area contributed by atoms with Gasteiger partial charge in [-0.25, -0.2) is 18.3 Å². The van der Waals surface area contributed by atoms with E-state index in [1.807, 2.05) is 114 Å². The van der Waals surface area contributed by atoms with Crippen molar-refractivity contribution in [1.82, 2.24) is 0 Å². The first-order valence-electron chi connectivity index (χ1n) is 33.0. The maximum absolute atomic E-state index is 8.36. The Morgan fingerprint density at radius 1 is 0.333 bits per heavy atom. The minimum absolute atomic E-state index is 0.122. The second-order valence-electron chi connectivity index (χ2n) is 23.3. The Labute approximate surface area is 489 Å². The molecule has 8 aromatic rings. The molecule has 78 heavy (non-hydrogen) atoms. The molecule has 0 N–H and O–H groups in total. The van der Waals surface area contributed by atoms with E-state index in [1.165, 1.54) is 61.5 Å². The van der Waals surface area contributed by atoms with E-state index in [1.54, 1.807) is 24.3 Å². The first-order chi connectivity index (χ1) is 40.6. The summed E-state index contributed by atoms with van der Waals surface area (Å²) in [6.07, 6.45) is 7.71. The van der Waals surface area contributed by atoms with Crippen molar-refractivity contribution in [2.24, 2.45) is 51.9 Å². The molecule has 0 unspecified atom stereocenters. The molecule has 4 nitrogen and oxygen atoms in total. The lowest BCUT2D eigenvalue weighted by Gasteiger charge is -2.11. The summed E-state index contributed by atoms with van der Waals surface area (Å²) in [6, 6.07) is 36.2. The molecule has 4 heteroatoms. The number of rotatable bonds is 12. The molecule has 0 spiro atoms. The van der Waals surface area contributed by atoms with Crippen molar-refractivity contribution in [2.75, 3.05) is 0 Å². The molecular formula is C74H100N4+4. The van der Waals surface area contributed by atoms with Crippen molar-refractivity contribution in [1.29, 1.82) is 0 Å². The molecule has 0 bridgehead atoms.